The molecule has 1 atom stereocenters. The average Bonchev–Trinajstić information content (AvgIpc) is 2.36. The Hall–Kier alpha value is -0.970. The van der Waals surface area contributed by atoms with E-state index < -0.39 is 0 Å². The molecule has 0 saturated heterocycles. The van der Waals surface area contributed by atoms with Crippen LogP contribution in [0.1, 0.15) is 24.7 Å². The molecule has 1 aromatic heterocycles. The Labute approximate surface area is 117 Å². The topological polar surface area (TPSA) is 37.4 Å². The van der Waals surface area contributed by atoms with Gasteiger partial charge in [0.1, 0.15) is 0 Å². The Kier molecular flexibility index (Phi) is 7.63. The molecule has 1 unspecified atom stereocenters. The molecule has 0 aliphatic heterocycles. The molecule has 0 radical (unpaired) electrons. The molecule has 1 aromatic rings. The Morgan fingerprint density at radius 3 is 2.84 bits per heavy atom. The summed E-state index contributed by atoms with van der Waals surface area (Å²) in [5.74, 6) is 0. The first kappa shape index (κ1) is 16.1. The minimum atomic E-state index is 0.375. The van der Waals surface area contributed by atoms with Gasteiger partial charge in [-0.2, -0.15) is 0 Å². The lowest BCUT2D eigenvalue weighted by molar-refractivity contribution is 0.143. The third kappa shape index (κ3) is 6.66. The van der Waals surface area contributed by atoms with Gasteiger partial charge in [-0.3, -0.25) is 9.88 Å². The van der Waals surface area contributed by atoms with Crippen molar-refractivity contribution < 1.29 is 4.74 Å². The van der Waals surface area contributed by atoms with E-state index in [1.807, 2.05) is 13.0 Å². The van der Waals surface area contributed by atoms with Gasteiger partial charge in [0.25, 0.3) is 0 Å². The number of hydrogen-bond acceptors (Lipinski definition) is 4. The molecule has 0 amide bonds. The van der Waals surface area contributed by atoms with E-state index in [9.17, 15) is 0 Å². The van der Waals surface area contributed by atoms with Crippen molar-refractivity contribution in [2.24, 2.45) is 0 Å². The summed E-state index contributed by atoms with van der Waals surface area (Å²) in [5.41, 5.74) is 2.19. The lowest BCUT2D eigenvalue weighted by Gasteiger charge is -2.24. The molecular formula is C15H27N3O. The number of hydrogen-bond donors (Lipinski definition) is 1. The number of aryl methyl sites for hydroxylation is 1. The fourth-order valence-corrected chi connectivity index (χ4v) is 2.13. The maximum Gasteiger partial charge on any atom is 0.0628 e. The molecule has 0 bridgehead atoms. The number of nitrogens with zero attached hydrogens (tertiary/aromatic N) is 2. The van der Waals surface area contributed by atoms with E-state index >= 15 is 0 Å². The predicted molar refractivity (Wildman–Crippen MR) is 79.3 cm³/mol. The van der Waals surface area contributed by atoms with Crippen LogP contribution in [0.4, 0.5) is 0 Å². The second-order valence-electron chi connectivity index (χ2n) is 5.07. The number of ether oxygens (including phenoxy) is 1. The van der Waals surface area contributed by atoms with Gasteiger partial charge in [-0.1, -0.05) is 13.0 Å². The van der Waals surface area contributed by atoms with Gasteiger partial charge in [-0.25, -0.2) is 0 Å². The van der Waals surface area contributed by atoms with Crippen LogP contribution in [0.5, 0.6) is 0 Å². The summed E-state index contributed by atoms with van der Waals surface area (Å²) in [6, 6.07) is 6.54. The quantitative estimate of drug-likeness (QED) is 0.739. The molecule has 1 heterocycles. The zero-order valence-electron chi connectivity index (χ0n) is 12.6. The van der Waals surface area contributed by atoms with Crippen LogP contribution in [0.15, 0.2) is 18.2 Å². The molecule has 0 aromatic carbocycles. The second kappa shape index (κ2) is 9.02. The largest absolute Gasteiger partial charge is 0.383 e. The number of pyridine rings is 1. The van der Waals surface area contributed by atoms with Gasteiger partial charge in [0.2, 0.25) is 0 Å². The molecule has 4 heteroatoms. The van der Waals surface area contributed by atoms with E-state index in [-0.39, 0.29) is 0 Å². The number of likely N-dealkylation sites (N-methyl/N-ethyl adjacent to an activating group) is 1. The predicted octanol–water partition coefficient (Wildman–Crippen LogP) is 1.84. The molecule has 19 heavy (non-hydrogen) atoms. The van der Waals surface area contributed by atoms with Crippen LogP contribution in [-0.4, -0.2) is 49.8 Å². The Morgan fingerprint density at radius 2 is 2.21 bits per heavy atom. The maximum absolute atomic E-state index is 5.27. The van der Waals surface area contributed by atoms with Crippen molar-refractivity contribution >= 4 is 0 Å². The van der Waals surface area contributed by atoms with E-state index in [0.717, 1.165) is 44.0 Å². The monoisotopic (exact) mass is 265 g/mol. The van der Waals surface area contributed by atoms with Gasteiger partial charge >= 0.3 is 0 Å². The first-order valence-electron chi connectivity index (χ1n) is 6.99. The molecule has 1 N–H and O–H groups in total. The van der Waals surface area contributed by atoms with Gasteiger partial charge in [0, 0.05) is 31.9 Å². The van der Waals surface area contributed by atoms with E-state index in [2.05, 4.69) is 41.3 Å². The van der Waals surface area contributed by atoms with Crippen LogP contribution in [-0.2, 0) is 11.3 Å². The van der Waals surface area contributed by atoms with Crippen molar-refractivity contribution in [3.8, 4) is 0 Å². The van der Waals surface area contributed by atoms with Gasteiger partial charge < -0.3 is 10.1 Å². The van der Waals surface area contributed by atoms with Crippen LogP contribution in [0.25, 0.3) is 0 Å². The van der Waals surface area contributed by atoms with Crippen LogP contribution >= 0.6 is 0 Å². The summed E-state index contributed by atoms with van der Waals surface area (Å²) in [6.07, 6.45) is 1.14. The molecule has 0 spiro atoms. The molecule has 0 aliphatic rings. The average molecular weight is 265 g/mol. The lowest BCUT2D eigenvalue weighted by Crippen LogP contribution is -2.42. The van der Waals surface area contributed by atoms with Crippen molar-refractivity contribution in [1.29, 1.82) is 0 Å². The van der Waals surface area contributed by atoms with Crippen LogP contribution in [0.2, 0.25) is 0 Å². The van der Waals surface area contributed by atoms with Gasteiger partial charge in [-0.15, -0.1) is 0 Å². The minimum absolute atomic E-state index is 0.375. The number of aromatic nitrogens is 1. The Morgan fingerprint density at radius 1 is 1.42 bits per heavy atom. The minimum Gasteiger partial charge on any atom is -0.383 e. The second-order valence-corrected chi connectivity index (χ2v) is 5.07. The molecule has 0 saturated carbocycles. The summed E-state index contributed by atoms with van der Waals surface area (Å²) >= 11 is 0. The van der Waals surface area contributed by atoms with Gasteiger partial charge in [0.05, 0.1) is 12.3 Å². The molecule has 1 rings (SSSR count). The molecule has 4 nitrogen and oxygen atoms in total. The summed E-state index contributed by atoms with van der Waals surface area (Å²) in [7, 11) is 3.88. The maximum atomic E-state index is 5.27. The van der Waals surface area contributed by atoms with Crippen molar-refractivity contribution in [2.75, 3.05) is 33.9 Å². The fraction of sp³-hybridized carbons (Fsp3) is 0.667. The Bertz CT molecular complexity index is 357. The van der Waals surface area contributed by atoms with E-state index in [1.54, 1.807) is 7.11 Å². The standard InChI is InChI=1S/C15H27N3O/c1-5-9-16-15(12-19-4)11-18(3)10-14-8-6-7-13(2)17-14/h6-8,15-16H,5,9-12H2,1-4H3. The highest BCUT2D eigenvalue weighted by atomic mass is 16.5. The third-order valence-corrected chi connectivity index (χ3v) is 2.96. The number of methoxy groups -OCH3 is 1. The van der Waals surface area contributed by atoms with Crippen LogP contribution in [0.3, 0.4) is 0 Å². The Balaban J connectivity index is 2.44. The van der Waals surface area contributed by atoms with E-state index in [4.69, 9.17) is 4.74 Å². The summed E-state index contributed by atoms with van der Waals surface area (Å²) < 4.78 is 5.27. The highest BCUT2D eigenvalue weighted by Gasteiger charge is 2.11. The van der Waals surface area contributed by atoms with Crippen LogP contribution < -0.4 is 5.32 Å². The SMILES string of the molecule is CCCNC(COC)CN(C)Cc1cccc(C)n1. The van der Waals surface area contributed by atoms with Crippen molar-refractivity contribution in [2.45, 2.75) is 32.9 Å². The number of rotatable bonds is 9. The fourth-order valence-electron chi connectivity index (χ4n) is 2.13. The summed E-state index contributed by atoms with van der Waals surface area (Å²) in [4.78, 5) is 6.82. The lowest BCUT2D eigenvalue weighted by atomic mass is 10.2. The first-order valence-corrected chi connectivity index (χ1v) is 6.99. The highest BCUT2D eigenvalue weighted by molar-refractivity contribution is 5.09. The van der Waals surface area contributed by atoms with Crippen molar-refractivity contribution in [3.63, 3.8) is 0 Å². The van der Waals surface area contributed by atoms with E-state index in [0.29, 0.717) is 6.04 Å². The smallest absolute Gasteiger partial charge is 0.0628 e. The van der Waals surface area contributed by atoms with Crippen molar-refractivity contribution in [1.82, 2.24) is 15.2 Å². The van der Waals surface area contributed by atoms with E-state index in [1.165, 1.54) is 0 Å². The zero-order valence-corrected chi connectivity index (χ0v) is 12.6. The molecule has 0 aliphatic carbocycles. The zero-order chi connectivity index (χ0) is 14.1. The summed E-state index contributed by atoms with van der Waals surface area (Å²) in [6.45, 7) is 7.81. The van der Waals surface area contributed by atoms with Gasteiger partial charge in [-0.05, 0) is 39.1 Å². The third-order valence-electron chi connectivity index (χ3n) is 2.96. The molecule has 108 valence electrons. The molecule has 0 fully saturated rings. The normalized spacial score (nSPS) is 12.9. The highest BCUT2D eigenvalue weighted by Crippen LogP contribution is 2.02. The van der Waals surface area contributed by atoms with Gasteiger partial charge in [0.15, 0.2) is 0 Å². The number of nitrogens with one attached hydrogen (secondary N) is 1. The van der Waals surface area contributed by atoms with Crippen LogP contribution in [0, 0.1) is 6.92 Å². The molecular weight excluding hydrogens is 238 g/mol. The first-order chi connectivity index (χ1) is 9.15. The van der Waals surface area contributed by atoms with Crippen molar-refractivity contribution in [3.05, 3.63) is 29.6 Å². The summed E-state index contributed by atoms with van der Waals surface area (Å²) in [5, 5.41) is 3.51.